The molecule has 0 aliphatic rings. The van der Waals surface area contributed by atoms with E-state index in [1.165, 1.54) is 0 Å². The minimum Gasteiger partial charge on any atom is -0.388 e. The number of aromatic nitrogens is 1. The van der Waals surface area contributed by atoms with Gasteiger partial charge in [-0.25, -0.2) is 0 Å². The lowest BCUT2D eigenvalue weighted by atomic mass is 9.89. The van der Waals surface area contributed by atoms with Gasteiger partial charge in [0.2, 0.25) is 0 Å². The Morgan fingerprint density at radius 1 is 0.950 bits per heavy atom. The third kappa shape index (κ3) is 2.30. The second-order valence-corrected chi connectivity index (χ2v) is 5.09. The maximum absolute atomic E-state index is 10.7. The minimum atomic E-state index is -0.525. The van der Waals surface area contributed by atoms with Gasteiger partial charge in [0.25, 0.3) is 0 Å². The van der Waals surface area contributed by atoms with Gasteiger partial charge in [-0.2, -0.15) is 0 Å². The minimum absolute atomic E-state index is 0.0509. The molecular formula is C18H17NO. The molecule has 3 rings (SSSR count). The van der Waals surface area contributed by atoms with Crippen molar-refractivity contribution in [2.45, 2.75) is 18.9 Å². The maximum Gasteiger partial charge on any atom is 0.0861 e. The smallest absolute Gasteiger partial charge is 0.0861 e. The van der Waals surface area contributed by atoms with Crippen LogP contribution in [0.15, 0.2) is 67.0 Å². The van der Waals surface area contributed by atoms with Crippen LogP contribution in [0.3, 0.4) is 0 Å². The molecular weight excluding hydrogens is 246 g/mol. The number of aliphatic hydroxyl groups is 1. The largest absolute Gasteiger partial charge is 0.388 e. The Bertz CT molecular complexity index is 703. The summed E-state index contributed by atoms with van der Waals surface area (Å²) in [6, 6.07) is 18.1. The van der Waals surface area contributed by atoms with Crippen LogP contribution < -0.4 is 0 Å². The van der Waals surface area contributed by atoms with Crippen LogP contribution in [0, 0.1) is 0 Å². The van der Waals surface area contributed by atoms with Gasteiger partial charge in [0, 0.05) is 23.7 Å². The molecule has 0 bridgehead atoms. The molecule has 1 N–H and O–H groups in total. The lowest BCUT2D eigenvalue weighted by Crippen LogP contribution is -2.08. The van der Waals surface area contributed by atoms with E-state index in [4.69, 9.17) is 0 Å². The van der Waals surface area contributed by atoms with Crippen molar-refractivity contribution >= 4 is 10.8 Å². The molecule has 0 amide bonds. The average Bonchev–Trinajstić information content (AvgIpc) is 2.54. The fourth-order valence-corrected chi connectivity index (χ4v) is 2.61. The standard InChI is InChI=1S/C18H17NO/c1-13(14-6-3-2-4-7-14)18(20)17-9-5-8-15-12-19-11-10-16(15)17/h2-13,18,20H,1H3. The summed E-state index contributed by atoms with van der Waals surface area (Å²) in [6.45, 7) is 2.06. The van der Waals surface area contributed by atoms with E-state index in [9.17, 15) is 5.11 Å². The van der Waals surface area contributed by atoms with Crippen LogP contribution in [0.2, 0.25) is 0 Å². The van der Waals surface area contributed by atoms with Crippen molar-refractivity contribution in [1.29, 1.82) is 0 Å². The Balaban J connectivity index is 2.03. The van der Waals surface area contributed by atoms with Crippen LogP contribution in [0.4, 0.5) is 0 Å². The van der Waals surface area contributed by atoms with Gasteiger partial charge in [-0.1, -0.05) is 55.5 Å². The predicted octanol–water partition coefficient (Wildman–Crippen LogP) is 4.07. The summed E-state index contributed by atoms with van der Waals surface area (Å²) in [5.74, 6) is 0.0509. The lowest BCUT2D eigenvalue weighted by Gasteiger charge is -2.21. The Labute approximate surface area is 118 Å². The molecule has 20 heavy (non-hydrogen) atoms. The molecule has 0 saturated heterocycles. The molecule has 0 saturated carbocycles. The van der Waals surface area contributed by atoms with Crippen molar-refractivity contribution in [2.75, 3.05) is 0 Å². The van der Waals surface area contributed by atoms with Crippen LogP contribution in [0.1, 0.15) is 30.1 Å². The van der Waals surface area contributed by atoms with Crippen molar-refractivity contribution in [2.24, 2.45) is 0 Å². The molecule has 2 unspecified atom stereocenters. The van der Waals surface area contributed by atoms with E-state index < -0.39 is 6.10 Å². The fourth-order valence-electron chi connectivity index (χ4n) is 2.61. The van der Waals surface area contributed by atoms with Gasteiger partial charge in [0.15, 0.2) is 0 Å². The van der Waals surface area contributed by atoms with Gasteiger partial charge < -0.3 is 5.11 Å². The van der Waals surface area contributed by atoms with Gasteiger partial charge in [0.1, 0.15) is 0 Å². The Hall–Kier alpha value is -2.19. The molecule has 0 spiro atoms. The van der Waals surface area contributed by atoms with E-state index in [1.807, 2.05) is 48.7 Å². The van der Waals surface area contributed by atoms with Crippen LogP contribution in [0.25, 0.3) is 10.8 Å². The summed E-state index contributed by atoms with van der Waals surface area (Å²) in [4.78, 5) is 4.13. The third-order valence-corrected chi connectivity index (χ3v) is 3.83. The first-order valence-corrected chi connectivity index (χ1v) is 6.83. The van der Waals surface area contributed by atoms with E-state index in [0.717, 1.165) is 21.9 Å². The number of hydrogen-bond donors (Lipinski definition) is 1. The Kier molecular flexibility index (Phi) is 3.48. The fraction of sp³-hybridized carbons (Fsp3) is 0.167. The zero-order valence-electron chi connectivity index (χ0n) is 11.4. The number of pyridine rings is 1. The number of fused-ring (bicyclic) bond motifs is 1. The number of nitrogens with zero attached hydrogens (tertiary/aromatic N) is 1. The molecule has 100 valence electrons. The van der Waals surface area contributed by atoms with E-state index in [-0.39, 0.29) is 5.92 Å². The number of hydrogen-bond acceptors (Lipinski definition) is 2. The first-order chi connectivity index (χ1) is 9.77. The number of rotatable bonds is 3. The topological polar surface area (TPSA) is 33.1 Å². The summed E-state index contributed by atoms with van der Waals surface area (Å²) in [6.07, 6.45) is 3.08. The quantitative estimate of drug-likeness (QED) is 0.772. The molecule has 1 heterocycles. The molecule has 3 aromatic rings. The van der Waals surface area contributed by atoms with Crippen LogP contribution in [0.5, 0.6) is 0 Å². The van der Waals surface area contributed by atoms with Crippen molar-refractivity contribution in [1.82, 2.24) is 4.98 Å². The van der Waals surface area contributed by atoms with Crippen molar-refractivity contribution in [3.8, 4) is 0 Å². The SMILES string of the molecule is CC(c1ccccc1)C(O)c1cccc2cnccc12. The van der Waals surface area contributed by atoms with E-state index in [2.05, 4.69) is 24.0 Å². The molecule has 0 aliphatic heterocycles. The zero-order chi connectivity index (χ0) is 13.9. The van der Waals surface area contributed by atoms with Crippen molar-refractivity contribution in [3.63, 3.8) is 0 Å². The second kappa shape index (κ2) is 5.43. The lowest BCUT2D eigenvalue weighted by molar-refractivity contribution is 0.153. The highest BCUT2D eigenvalue weighted by Gasteiger charge is 2.19. The molecule has 2 aromatic carbocycles. The summed E-state index contributed by atoms with van der Waals surface area (Å²) in [5.41, 5.74) is 2.10. The van der Waals surface area contributed by atoms with Crippen LogP contribution >= 0.6 is 0 Å². The molecule has 1 aromatic heterocycles. The van der Waals surface area contributed by atoms with Gasteiger partial charge in [-0.05, 0) is 22.6 Å². The average molecular weight is 263 g/mol. The molecule has 0 radical (unpaired) electrons. The van der Waals surface area contributed by atoms with E-state index >= 15 is 0 Å². The monoisotopic (exact) mass is 263 g/mol. The van der Waals surface area contributed by atoms with E-state index in [1.54, 1.807) is 6.20 Å². The molecule has 2 atom stereocenters. The summed E-state index contributed by atoms with van der Waals surface area (Å²) < 4.78 is 0. The van der Waals surface area contributed by atoms with E-state index in [0.29, 0.717) is 0 Å². The molecule has 0 fully saturated rings. The van der Waals surface area contributed by atoms with Gasteiger partial charge in [-0.3, -0.25) is 4.98 Å². The van der Waals surface area contributed by atoms with Crippen molar-refractivity contribution < 1.29 is 5.11 Å². The highest BCUT2D eigenvalue weighted by molar-refractivity contribution is 5.85. The molecule has 0 aliphatic carbocycles. The van der Waals surface area contributed by atoms with Crippen LogP contribution in [-0.4, -0.2) is 10.1 Å². The maximum atomic E-state index is 10.7. The van der Waals surface area contributed by atoms with Gasteiger partial charge in [-0.15, -0.1) is 0 Å². The van der Waals surface area contributed by atoms with Gasteiger partial charge in [0.05, 0.1) is 6.10 Å². The third-order valence-electron chi connectivity index (χ3n) is 3.83. The highest BCUT2D eigenvalue weighted by atomic mass is 16.3. The predicted molar refractivity (Wildman–Crippen MR) is 81.6 cm³/mol. The second-order valence-electron chi connectivity index (χ2n) is 5.09. The first kappa shape index (κ1) is 12.8. The summed E-state index contributed by atoms with van der Waals surface area (Å²) >= 11 is 0. The Morgan fingerprint density at radius 2 is 1.75 bits per heavy atom. The first-order valence-electron chi connectivity index (χ1n) is 6.83. The number of benzene rings is 2. The Morgan fingerprint density at radius 3 is 2.55 bits per heavy atom. The van der Waals surface area contributed by atoms with Crippen LogP contribution in [-0.2, 0) is 0 Å². The highest BCUT2D eigenvalue weighted by Crippen LogP contribution is 2.33. The molecule has 2 nitrogen and oxygen atoms in total. The number of aliphatic hydroxyl groups excluding tert-OH is 1. The molecule has 2 heteroatoms. The summed E-state index contributed by atoms with van der Waals surface area (Å²) in [7, 11) is 0. The van der Waals surface area contributed by atoms with Gasteiger partial charge >= 0.3 is 0 Å². The normalized spacial score (nSPS) is 14.1. The zero-order valence-corrected chi connectivity index (χ0v) is 11.4. The summed E-state index contributed by atoms with van der Waals surface area (Å²) in [5, 5.41) is 12.8. The van der Waals surface area contributed by atoms with Crippen molar-refractivity contribution in [3.05, 3.63) is 78.1 Å².